The van der Waals surface area contributed by atoms with Crippen molar-refractivity contribution >= 4 is 28.1 Å². The number of fused-ring (bicyclic) bond motifs is 3. The van der Waals surface area contributed by atoms with Crippen molar-refractivity contribution in [2.45, 2.75) is 6.42 Å². The summed E-state index contributed by atoms with van der Waals surface area (Å²) in [7, 11) is 1.72. The third-order valence-electron chi connectivity index (χ3n) is 3.86. The molecule has 0 aliphatic carbocycles. The van der Waals surface area contributed by atoms with E-state index in [2.05, 4.69) is 30.4 Å². The highest BCUT2D eigenvalue weighted by atomic mass is 32.1. The van der Waals surface area contributed by atoms with Gasteiger partial charge in [0.25, 0.3) is 0 Å². The Balaban J connectivity index is 1.64. The van der Waals surface area contributed by atoms with Gasteiger partial charge in [0.15, 0.2) is 10.9 Å². The monoisotopic (exact) mass is 343 g/mol. The fraction of sp³-hybridized carbons (Fsp3) is 0.333. The van der Waals surface area contributed by atoms with E-state index in [0.717, 1.165) is 47.5 Å². The van der Waals surface area contributed by atoms with E-state index in [-0.39, 0.29) is 0 Å². The Bertz CT molecular complexity index is 816. The first-order valence-corrected chi connectivity index (χ1v) is 8.47. The third kappa shape index (κ3) is 2.83. The highest BCUT2D eigenvalue weighted by Crippen LogP contribution is 2.39. The number of aromatic amines is 1. The van der Waals surface area contributed by atoms with Crippen LogP contribution in [0.2, 0.25) is 0 Å². The van der Waals surface area contributed by atoms with Crippen LogP contribution >= 0.6 is 11.3 Å². The second-order valence-electron chi connectivity index (χ2n) is 5.36. The van der Waals surface area contributed by atoms with E-state index in [4.69, 9.17) is 9.72 Å². The summed E-state index contributed by atoms with van der Waals surface area (Å²) in [5.74, 6) is 1.67. The van der Waals surface area contributed by atoms with Crippen LogP contribution < -0.4 is 10.2 Å². The van der Waals surface area contributed by atoms with Gasteiger partial charge in [0.2, 0.25) is 0 Å². The van der Waals surface area contributed by atoms with E-state index in [1.807, 2.05) is 12.3 Å². The summed E-state index contributed by atoms with van der Waals surface area (Å²) in [6.07, 6.45) is 6.06. The van der Waals surface area contributed by atoms with Crippen LogP contribution in [0.5, 0.6) is 0 Å². The molecule has 9 heteroatoms. The summed E-state index contributed by atoms with van der Waals surface area (Å²) in [5, 5.41) is 11.4. The van der Waals surface area contributed by atoms with E-state index in [0.29, 0.717) is 6.61 Å². The zero-order chi connectivity index (χ0) is 16.4. The lowest BCUT2D eigenvalue weighted by Gasteiger charge is -2.20. The van der Waals surface area contributed by atoms with Crippen LogP contribution in [0.25, 0.3) is 11.3 Å². The normalized spacial score (nSPS) is 13.3. The molecule has 4 heterocycles. The van der Waals surface area contributed by atoms with Crippen LogP contribution in [0.15, 0.2) is 24.8 Å². The number of anilines is 3. The number of aromatic nitrogens is 5. The predicted molar refractivity (Wildman–Crippen MR) is 92.8 cm³/mol. The highest BCUT2D eigenvalue weighted by molar-refractivity contribution is 7.16. The van der Waals surface area contributed by atoms with Crippen LogP contribution in [0.3, 0.4) is 0 Å². The lowest BCUT2D eigenvalue weighted by molar-refractivity contribution is 0.205. The van der Waals surface area contributed by atoms with Gasteiger partial charge in [-0.3, -0.25) is 5.10 Å². The van der Waals surface area contributed by atoms with Crippen LogP contribution in [0, 0.1) is 0 Å². The van der Waals surface area contributed by atoms with Gasteiger partial charge in [-0.15, -0.1) is 11.3 Å². The molecular weight excluding hydrogens is 326 g/mol. The average molecular weight is 343 g/mol. The second-order valence-corrected chi connectivity index (χ2v) is 6.45. The Morgan fingerprint density at radius 1 is 1.46 bits per heavy atom. The lowest BCUT2D eigenvalue weighted by Crippen LogP contribution is -2.29. The third-order valence-corrected chi connectivity index (χ3v) is 4.89. The van der Waals surface area contributed by atoms with E-state index < -0.39 is 0 Å². The number of ether oxygens (including phenoxy) is 1. The molecule has 2 N–H and O–H groups in total. The molecule has 0 saturated carbocycles. The summed E-state index contributed by atoms with van der Waals surface area (Å²) in [5.41, 5.74) is 2.02. The first kappa shape index (κ1) is 15.0. The number of thiazole rings is 1. The summed E-state index contributed by atoms with van der Waals surface area (Å²) < 4.78 is 5.21. The molecule has 1 aliphatic heterocycles. The molecule has 4 rings (SSSR count). The standard InChI is InChI=1S/C15H17N7OS/c1-23-7-6-22-5-3-11-13(10-8-18-21-14(10)22)20-15(24-11)19-12-2-4-16-9-17-12/h2,4,8-9H,3,5-7H2,1H3,(H,18,21)(H,16,17,19,20). The smallest absolute Gasteiger partial charge is 0.189 e. The van der Waals surface area contributed by atoms with Gasteiger partial charge >= 0.3 is 0 Å². The molecular formula is C15H17N7OS. The molecule has 0 spiro atoms. The van der Waals surface area contributed by atoms with Crippen molar-refractivity contribution in [1.29, 1.82) is 0 Å². The number of nitrogens with one attached hydrogen (secondary N) is 2. The quantitative estimate of drug-likeness (QED) is 0.733. The maximum Gasteiger partial charge on any atom is 0.189 e. The van der Waals surface area contributed by atoms with Gasteiger partial charge in [0, 0.05) is 43.9 Å². The Labute approximate surface area is 142 Å². The minimum Gasteiger partial charge on any atom is -0.383 e. The number of H-pyrrole nitrogens is 1. The van der Waals surface area contributed by atoms with Crippen LogP contribution in [-0.4, -0.2) is 52.0 Å². The van der Waals surface area contributed by atoms with E-state index in [1.54, 1.807) is 24.6 Å². The Morgan fingerprint density at radius 2 is 2.42 bits per heavy atom. The van der Waals surface area contributed by atoms with Gasteiger partial charge in [0.1, 0.15) is 12.1 Å². The molecule has 124 valence electrons. The first-order valence-electron chi connectivity index (χ1n) is 7.66. The average Bonchev–Trinajstić information content (AvgIpc) is 3.20. The van der Waals surface area contributed by atoms with E-state index >= 15 is 0 Å². The number of methoxy groups -OCH3 is 1. The van der Waals surface area contributed by atoms with Crippen molar-refractivity contribution in [3.63, 3.8) is 0 Å². The van der Waals surface area contributed by atoms with Gasteiger partial charge in [-0.05, 0) is 6.07 Å². The zero-order valence-electron chi connectivity index (χ0n) is 13.2. The molecule has 0 radical (unpaired) electrons. The van der Waals surface area contributed by atoms with Crippen molar-refractivity contribution in [2.75, 3.05) is 37.0 Å². The Kier molecular flexibility index (Phi) is 4.09. The van der Waals surface area contributed by atoms with Crippen molar-refractivity contribution in [3.8, 4) is 11.3 Å². The number of rotatable bonds is 5. The lowest BCUT2D eigenvalue weighted by atomic mass is 10.2. The van der Waals surface area contributed by atoms with Crippen molar-refractivity contribution < 1.29 is 4.74 Å². The minimum absolute atomic E-state index is 0.674. The maximum absolute atomic E-state index is 5.21. The van der Waals surface area contributed by atoms with Gasteiger partial charge in [-0.25, -0.2) is 15.0 Å². The number of hydrogen-bond donors (Lipinski definition) is 2. The molecule has 0 unspecified atom stereocenters. The van der Waals surface area contributed by atoms with Crippen LogP contribution in [0.1, 0.15) is 4.88 Å². The van der Waals surface area contributed by atoms with Crippen molar-refractivity contribution in [1.82, 2.24) is 25.1 Å². The number of hydrogen-bond acceptors (Lipinski definition) is 8. The SMILES string of the molecule is COCCN1CCc2sc(Nc3ccncn3)nc2-c2c[nH]nc21. The second kappa shape index (κ2) is 6.54. The summed E-state index contributed by atoms with van der Waals surface area (Å²) in [6, 6.07) is 1.82. The Hall–Kier alpha value is -2.52. The molecule has 3 aromatic rings. The maximum atomic E-state index is 5.21. The van der Waals surface area contributed by atoms with Gasteiger partial charge in [-0.2, -0.15) is 5.10 Å². The van der Waals surface area contributed by atoms with Gasteiger partial charge < -0.3 is 15.0 Å². The minimum atomic E-state index is 0.674. The summed E-state index contributed by atoms with van der Waals surface area (Å²) >= 11 is 1.65. The van der Waals surface area contributed by atoms with Gasteiger partial charge in [0.05, 0.1) is 17.9 Å². The predicted octanol–water partition coefficient (Wildman–Crippen LogP) is 2.08. The topological polar surface area (TPSA) is 91.9 Å². The molecule has 0 amide bonds. The summed E-state index contributed by atoms with van der Waals surface area (Å²) in [4.78, 5) is 16.4. The molecule has 0 aromatic carbocycles. The van der Waals surface area contributed by atoms with Gasteiger partial charge in [-0.1, -0.05) is 0 Å². The molecule has 0 fully saturated rings. The van der Waals surface area contributed by atoms with E-state index in [1.165, 1.54) is 11.2 Å². The first-order chi connectivity index (χ1) is 11.8. The molecule has 24 heavy (non-hydrogen) atoms. The van der Waals surface area contributed by atoms with Crippen molar-refractivity contribution in [3.05, 3.63) is 29.7 Å². The van der Waals surface area contributed by atoms with Crippen molar-refractivity contribution in [2.24, 2.45) is 0 Å². The molecule has 0 bridgehead atoms. The number of nitrogens with zero attached hydrogens (tertiary/aromatic N) is 5. The molecule has 0 saturated heterocycles. The highest BCUT2D eigenvalue weighted by Gasteiger charge is 2.25. The van der Waals surface area contributed by atoms with Crippen LogP contribution in [-0.2, 0) is 11.2 Å². The fourth-order valence-corrected chi connectivity index (χ4v) is 3.69. The summed E-state index contributed by atoms with van der Waals surface area (Å²) in [6.45, 7) is 2.38. The van der Waals surface area contributed by atoms with Crippen LogP contribution in [0.4, 0.5) is 16.8 Å². The molecule has 8 nitrogen and oxygen atoms in total. The molecule has 3 aromatic heterocycles. The Morgan fingerprint density at radius 3 is 3.25 bits per heavy atom. The van der Waals surface area contributed by atoms with E-state index in [9.17, 15) is 0 Å². The fourth-order valence-electron chi connectivity index (χ4n) is 2.72. The zero-order valence-corrected chi connectivity index (χ0v) is 14.0. The largest absolute Gasteiger partial charge is 0.383 e. The molecule has 0 atom stereocenters. The molecule has 1 aliphatic rings.